The second-order valence-corrected chi connectivity index (χ2v) is 5.59. The van der Waals surface area contributed by atoms with Gasteiger partial charge in [-0.1, -0.05) is 18.2 Å². The lowest BCUT2D eigenvalue weighted by Gasteiger charge is -2.21. The minimum Gasteiger partial charge on any atom is -0.543 e. The van der Waals surface area contributed by atoms with Crippen LogP contribution in [0.2, 0.25) is 0 Å². The van der Waals surface area contributed by atoms with Crippen LogP contribution in [-0.2, 0) is 19.6 Å². The summed E-state index contributed by atoms with van der Waals surface area (Å²) in [5.41, 5.74) is 2.45. The third kappa shape index (κ3) is 4.92. The Morgan fingerprint density at radius 2 is 1.36 bits per heavy atom. The molecule has 0 radical (unpaired) electrons. The van der Waals surface area contributed by atoms with Crippen LogP contribution in [-0.4, -0.2) is 25.8 Å². The van der Waals surface area contributed by atoms with Gasteiger partial charge in [-0.05, 0) is 36.4 Å². The van der Waals surface area contributed by atoms with Crippen LogP contribution >= 0.6 is 0 Å². The molecular weight excluding hydrogens is 316 g/mol. The predicted molar refractivity (Wildman–Crippen MR) is 90.0 cm³/mol. The average molecular weight is 333 g/mol. The van der Waals surface area contributed by atoms with Crippen LogP contribution in [0, 0.1) is 0 Å². The molecule has 25 heavy (non-hydrogen) atoms. The highest BCUT2D eigenvalue weighted by molar-refractivity contribution is 5.83. The van der Waals surface area contributed by atoms with E-state index in [4.69, 9.17) is 0 Å². The van der Waals surface area contributed by atoms with Crippen molar-refractivity contribution >= 4 is 5.97 Å². The molecule has 0 aromatic carbocycles. The summed E-state index contributed by atoms with van der Waals surface area (Å²) in [7, 11) is 0. The fourth-order valence-corrected chi connectivity index (χ4v) is 2.52. The molecule has 0 unspecified atom stereocenters. The number of carbonyl (C=O) groups is 1. The average Bonchev–Trinajstić information content (AvgIpc) is 2.63. The van der Waals surface area contributed by atoms with Gasteiger partial charge < -0.3 is 9.90 Å². The van der Waals surface area contributed by atoms with E-state index in [0.717, 1.165) is 11.4 Å². The molecule has 0 atom stereocenters. The van der Waals surface area contributed by atoms with Gasteiger partial charge in [0, 0.05) is 32.0 Å². The van der Waals surface area contributed by atoms with Crippen LogP contribution in [0.5, 0.6) is 0 Å². The molecule has 0 bridgehead atoms. The second kappa shape index (κ2) is 8.12. The number of hydrogen-bond acceptors (Lipinski definition) is 6. The smallest absolute Gasteiger partial charge is 0.0900 e. The van der Waals surface area contributed by atoms with Gasteiger partial charge in [-0.25, -0.2) is 0 Å². The number of aromatic carboxylic acids is 1. The summed E-state index contributed by atoms with van der Waals surface area (Å²) in [5, 5.41) is 11.0. The number of pyridine rings is 3. The van der Waals surface area contributed by atoms with Crippen LogP contribution in [0.25, 0.3) is 0 Å². The third-order valence-corrected chi connectivity index (χ3v) is 3.63. The number of hydrogen-bond donors (Lipinski definition) is 0. The van der Waals surface area contributed by atoms with Crippen LogP contribution in [0.3, 0.4) is 0 Å². The molecule has 0 spiro atoms. The highest BCUT2D eigenvalue weighted by atomic mass is 16.4. The van der Waals surface area contributed by atoms with E-state index >= 15 is 0 Å². The summed E-state index contributed by atoms with van der Waals surface area (Å²) in [6.07, 6.45) is 3.51. The zero-order chi connectivity index (χ0) is 17.5. The topological polar surface area (TPSA) is 82.0 Å². The Morgan fingerprint density at radius 3 is 1.88 bits per heavy atom. The van der Waals surface area contributed by atoms with Gasteiger partial charge in [0.25, 0.3) is 0 Å². The molecule has 126 valence electrons. The fourth-order valence-electron chi connectivity index (χ4n) is 2.52. The zero-order valence-corrected chi connectivity index (χ0v) is 13.6. The van der Waals surface area contributed by atoms with Crippen LogP contribution < -0.4 is 5.11 Å². The third-order valence-electron chi connectivity index (χ3n) is 3.63. The lowest BCUT2D eigenvalue weighted by atomic mass is 10.2. The molecule has 0 amide bonds. The van der Waals surface area contributed by atoms with E-state index in [1.807, 2.05) is 36.4 Å². The van der Waals surface area contributed by atoms with Crippen molar-refractivity contribution in [3.8, 4) is 0 Å². The van der Waals surface area contributed by atoms with Gasteiger partial charge in [0.15, 0.2) is 0 Å². The molecule has 0 saturated carbocycles. The Labute approximate surface area is 145 Å². The molecule has 3 rings (SSSR count). The summed E-state index contributed by atoms with van der Waals surface area (Å²) in [5.74, 6) is -1.28. The Kier molecular flexibility index (Phi) is 5.43. The molecule has 3 aromatic heterocycles. The minimum absolute atomic E-state index is 0.0619. The minimum atomic E-state index is -1.28. The van der Waals surface area contributed by atoms with Gasteiger partial charge in [-0.3, -0.25) is 19.9 Å². The van der Waals surface area contributed by atoms with E-state index in [1.54, 1.807) is 24.5 Å². The monoisotopic (exact) mass is 333 g/mol. The van der Waals surface area contributed by atoms with E-state index in [2.05, 4.69) is 19.9 Å². The standard InChI is InChI=1S/C19H18N4O2/c24-19(25)18-9-5-8-17(22-18)14-23(12-15-6-1-3-10-20-15)13-16-7-2-4-11-21-16/h1-11H,12-14H2,(H,24,25)/p-1. The maximum Gasteiger partial charge on any atom is 0.0900 e. The summed E-state index contributed by atoms with van der Waals surface area (Å²) < 4.78 is 0. The number of carboxylic acids is 1. The van der Waals surface area contributed by atoms with Crippen LogP contribution in [0.1, 0.15) is 27.6 Å². The molecule has 0 aliphatic heterocycles. The molecule has 0 saturated heterocycles. The number of aromatic nitrogens is 3. The Balaban J connectivity index is 1.80. The quantitative estimate of drug-likeness (QED) is 0.651. The molecule has 0 fully saturated rings. The number of carbonyl (C=O) groups excluding carboxylic acids is 1. The van der Waals surface area contributed by atoms with Gasteiger partial charge in [0.2, 0.25) is 0 Å². The summed E-state index contributed by atoms with van der Waals surface area (Å²) >= 11 is 0. The van der Waals surface area contributed by atoms with Crippen molar-refractivity contribution in [2.75, 3.05) is 0 Å². The highest BCUT2D eigenvalue weighted by Gasteiger charge is 2.11. The summed E-state index contributed by atoms with van der Waals surface area (Å²) in [6.45, 7) is 1.69. The molecule has 6 nitrogen and oxygen atoms in total. The molecule has 3 heterocycles. The maximum atomic E-state index is 11.0. The van der Waals surface area contributed by atoms with Crippen molar-refractivity contribution in [2.24, 2.45) is 0 Å². The maximum absolute atomic E-state index is 11.0. The van der Waals surface area contributed by atoms with Crippen molar-refractivity contribution in [1.82, 2.24) is 19.9 Å². The zero-order valence-electron chi connectivity index (χ0n) is 13.6. The van der Waals surface area contributed by atoms with E-state index in [0.29, 0.717) is 25.3 Å². The SMILES string of the molecule is O=C([O-])c1cccc(CN(Cc2ccccn2)Cc2ccccn2)n1. The first-order valence-electron chi connectivity index (χ1n) is 7.90. The van der Waals surface area contributed by atoms with E-state index < -0.39 is 5.97 Å². The van der Waals surface area contributed by atoms with Crippen molar-refractivity contribution in [3.63, 3.8) is 0 Å². The summed E-state index contributed by atoms with van der Waals surface area (Å²) in [6, 6.07) is 16.4. The lowest BCUT2D eigenvalue weighted by molar-refractivity contribution is -0.255. The highest BCUT2D eigenvalue weighted by Crippen LogP contribution is 2.11. The van der Waals surface area contributed by atoms with Crippen molar-refractivity contribution in [1.29, 1.82) is 0 Å². The number of nitrogens with zero attached hydrogens (tertiary/aromatic N) is 4. The molecule has 0 aliphatic rings. The first-order valence-corrected chi connectivity index (χ1v) is 7.90. The molecule has 6 heteroatoms. The Morgan fingerprint density at radius 1 is 0.800 bits per heavy atom. The van der Waals surface area contributed by atoms with Crippen molar-refractivity contribution < 1.29 is 9.90 Å². The Hall–Kier alpha value is -3.12. The van der Waals surface area contributed by atoms with E-state index in [1.165, 1.54) is 6.07 Å². The van der Waals surface area contributed by atoms with Gasteiger partial charge >= 0.3 is 0 Å². The van der Waals surface area contributed by atoms with E-state index in [-0.39, 0.29) is 5.69 Å². The predicted octanol–water partition coefficient (Wildman–Crippen LogP) is 1.44. The normalized spacial score (nSPS) is 10.8. The van der Waals surface area contributed by atoms with Gasteiger partial charge in [0.1, 0.15) is 0 Å². The van der Waals surface area contributed by atoms with Crippen LogP contribution in [0.15, 0.2) is 67.0 Å². The molecule has 3 aromatic rings. The van der Waals surface area contributed by atoms with Gasteiger partial charge in [-0.2, -0.15) is 0 Å². The van der Waals surface area contributed by atoms with Gasteiger partial charge in [0.05, 0.1) is 28.7 Å². The van der Waals surface area contributed by atoms with Crippen molar-refractivity contribution in [3.05, 3.63) is 89.8 Å². The first-order chi connectivity index (χ1) is 12.2. The van der Waals surface area contributed by atoms with Crippen LogP contribution in [0.4, 0.5) is 0 Å². The van der Waals surface area contributed by atoms with Gasteiger partial charge in [-0.15, -0.1) is 0 Å². The second-order valence-electron chi connectivity index (χ2n) is 5.59. The van der Waals surface area contributed by atoms with E-state index in [9.17, 15) is 9.90 Å². The lowest BCUT2D eigenvalue weighted by Crippen LogP contribution is -2.26. The number of carboxylic acid groups (broad SMARTS) is 1. The largest absolute Gasteiger partial charge is 0.543 e. The molecule has 0 N–H and O–H groups in total. The summed E-state index contributed by atoms with van der Waals surface area (Å²) in [4.78, 5) is 26.0. The Bertz CT molecular complexity index is 784. The fraction of sp³-hybridized carbons (Fsp3) is 0.158. The van der Waals surface area contributed by atoms with Crippen molar-refractivity contribution in [2.45, 2.75) is 19.6 Å². The first kappa shape index (κ1) is 16.7. The molecular formula is C19H17N4O2-. The number of rotatable bonds is 7. The molecule has 0 aliphatic carbocycles.